The standard InChI is InChI=1S/C11H14N4O/c1-3-14(4-2)11(16)15-10-8-6-5-7-9(10)12-13-15/h5-8H,3-4H2,1-2H3. The summed E-state index contributed by atoms with van der Waals surface area (Å²) in [6.07, 6.45) is 0. The molecule has 0 bridgehead atoms. The van der Waals surface area contributed by atoms with Crippen molar-refractivity contribution in [3.63, 3.8) is 0 Å². The first kappa shape index (κ1) is 10.6. The molecule has 1 amide bonds. The van der Waals surface area contributed by atoms with Crippen molar-refractivity contribution in [2.24, 2.45) is 0 Å². The van der Waals surface area contributed by atoms with E-state index in [1.54, 1.807) is 4.90 Å². The van der Waals surface area contributed by atoms with Crippen molar-refractivity contribution in [2.45, 2.75) is 13.8 Å². The summed E-state index contributed by atoms with van der Waals surface area (Å²) in [5.74, 6) is 0. The number of hydrogen-bond donors (Lipinski definition) is 0. The average Bonchev–Trinajstić information content (AvgIpc) is 2.74. The van der Waals surface area contributed by atoms with Gasteiger partial charge in [0.05, 0.1) is 5.52 Å². The number of rotatable bonds is 2. The van der Waals surface area contributed by atoms with Crippen LogP contribution in [-0.2, 0) is 0 Å². The first-order valence-electron chi connectivity index (χ1n) is 5.37. The van der Waals surface area contributed by atoms with Crippen LogP contribution in [-0.4, -0.2) is 39.0 Å². The van der Waals surface area contributed by atoms with Gasteiger partial charge in [-0.3, -0.25) is 0 Å². The van der Waals surface area contributed by atoms with Gasteiger partial charge in [-0.2, -0.15) is 4.68 Å². The molecule has 16 heavy (non-hydrogen) atoms. The second kappa shape index (κ2) is 4.30. The van der Waals surface area contributed by atoms with Gasteiger partial charge < -0.3 is 4.90 Å². The smallest absolute Gasteiger partial charge is 0.323 e. The maximum atomic E-state index is 12.1. The third-order valence-electron chi connectivity index (χ3n) is 2.57. The zero-order valence-corrected chi connectivity index (χ0v) is 9.42. The number of benzene rings is 1. The SMILES string of the molecule is CCN(CC)C(=O)n1nnc2ccccc21. The van der Waals surface area contributed by atoms with Gasteiger partial charge in [-0.15, -0.1) is 5.10 Å². The molecule has 0 aliphatic carbocycles. The van der Waals surface area contributed by atoms with Gasteiger partial charge in [0.25, 0.3) is 0 Å². The lowest BCUT2D eigenvalue weighted by Crippen LogP contribution is -2.34. The van der Waals surface area contributed by atoms with E-state index in [1.807, 2.05) is 38.1 Å². The third kappa shape index (κ3) is 1.64. The summed E-state index contributed by atoms with van der Waals surface area (Å²) in [5, 5.41) is 7.84. The van der Waals surface area contributed by atoms with Crippen molar-refractivity contribution >= 4 is 17.1 Å². The van der Waals surface area contributed by atoms with E-state index in [0.717, 1.165) is 11.0 Å². The third-order valence-corrected chi connectivity index (χ3v) is 2.57. The molecule has 0 saturated carbocycles. The molecule has 1 aromatic heterocycles. The fraction of sp³-hybridized carbons (Fsp3) is 0.364. The van der Waals surface area contributed by atoms with E-state index in [-0.39, 0.29) is 6.03 Å². The molecule has 5 heteroatoms. The predicted molar refractivity (Wildman–Crippen MR) is 61.2 cm³/mol. The average molecular weight is 218 g/mol. The highest BCUT2D eigenvalue weighted by atomic mass is 16.2. The lowest BCUT2D eigenvalue weighted by Gasteiger charge is -2.17. The van der Waals surface area contributed by atoms with Gasteiger partial charge >= 0.3 is 6.03 Å². The molecule has 0 spiro atoms. The second-order valence-electron chi connectivity index (χ2n) is 3.44. The zero-order chi connectivity index (χ0) is 11.5. The van der Waals surface area contributed by atoms with Gasteiger partial charge in [-0.1, -0.05) is 17.3 Å². The Morgan fingerprint density at radius 2 is 2.00 bits per heavy atom. The van der Waals surface area contributed by atoms with Crippen LogP contribution in [0.1, 0.15) is 13.8 Å². The predicted octanol–water partition coefficient (Wildman–Crippen LogP) is 1.74. The van der Waals surface area contributed by atoms with Crippen molar-refractivity contribution in [1.29, 1.82) is 0 Å². The van der Waals surface area contributed by atoms with Crippen molar-refractivity contribution in [3.8, 4) is 0 Å². The summed E-state index contributed by atoms with van der Waals surface area (Å²) in [5.41, 5.74) is 1.49. The highest BCUT2D eigenvalue weighted by Gasteiger charge is 2.15. The molecule has 0 radical (unpaired) electrons. The van der Waals surface area contributed by atoms with E-state index in [4.69, 9.17) is 0 Å². The van der Waals surface area contributed by atoms with E-state index in [9.17, 15) is 4.79 Å². The fourth-order valence-electron chi connectivity index (χ4n) is 1.64. The van der Waals surface area contributed by atoms with E-state index in [0.29, 0.717) is 13.1 Å². The van der Waals surface area contributed by atoms with Crippen LogP contribution in [0.3, 0.4) is 0 Å². The Kier molecular flexibility index (Phi) is 2.85. The monoisotopic (exact) mass is 218 g/mol. The number of hydrogen-bond acceptors (Lipinski definition) is 3. The molecule has 0 aliphatic heterocycles. The molecule has 0 aliphatic rings. The molecule has 0 unspecified atom stereocenters. The van der Waals surface area contributed by atoms with Crippen molar-refractivity contribution in [3.05, 3.63) is 24.3 Å². The maximum Gasteiger partial charge on any atom is 0.346 e. The first-order valence-corrected chi connectivity index (χ1v) is 5.37. The summed E-state index contributed by atoms with van der Waals surface area (Å²) in [6.45, 7) is 5.23. The van der Waals surface area contributed by atoms with Crippen LogP contribution < -0.4 is 0 Å². The largest absolute Gasteiger partial charge is 0.346 e. The maximum absolute atomic E-state index is 12.1. The molecular formula is C11H14N4O. The topological polar surface area (TPSA) is 51.0 Å². The number of carbonyl (C=O) groups is 1. The molecule has 1 heterocycles. The second-order valence-corrected chi connectivity index (χ2v) is 3.44. The van der Waals surface area contributed by atoms with Gasteiger partial charge in [-0.25, -0.2) is 4.79 Å². The molecule has 0 fully saturated rings. The number of aromatic nitrogens is 3. The Hall–Kier alpha value is -1.91. The molecule has 1 aromatic carbocycles. The summed E-state index contributed by atoms with van der Waals surface area (Å²) in [7, 11) is 0. The lowest BCUT2D eigenvalue weighted by atomic mass is 10.3. The minimum Gasteiger partial charge on any atom is -0.323 e. The summed E-state index contributed by atoms with van der Waals surface area (Å²) in [4.78, 5) is 13.8. The number of carbonyl (C=O) groups excluding carboxylic acids is 1. The van der Waals surface area contributed by atoms with Crippen LogP contribution in [0, 0.1) is 0 Å². The Morgan fingerprint density at radius 1 is 1.31 bits per heavy atom. The summed E-state index contributed by atoms with van der Waals surface area (Å²) < 4.78 is 1.35. The van der Waals surface area contributed by atoms with Crippen LogP contribution in [0.2, 0.25) is 0 Å². The number of amides is 1. The van der Waals surface area contributed by atoms with Crippen molar-refractivity contribution in [1.82, 2.24) is 19.9 Å². The highest BCUT2D eigenvalue weighted by molar-refractivity contribution is 5.87. The van der Waals surface area contributed by atoms with Crippen molar-refractivity contribution in [2.75, 3.05) is 13.1 Å². The first-order chi connectivity index (χ1) is 7.77. The van der Waals surface area contributed by atoms with Crippen LogP contribution >= 0.6 is 0 Å². The normalized spacial score (nSPS) is 10.6. The molecule has 5 nitrogen and oxygen atoms in total. The van der Waals surface area contributed by atoms with E-state index >= 15 is 0 Å². The van der Waals surface area contributed by atoms with E-state index in [1.165, 1.54) is 4.68 Å². The van der Waals surface area contributed by atoms with Crippen LogP contribution in [0.5, 0.6) is 0 Å². The van der Waals surface area contributed by atoms with Crippen LogP contribution in [0.15, 0.2) is 24.3 Å². The van der Waals surface area contributed by atoms with Crippen molar-refractivity contribution < 1.29 is 4.79 Å². The molecule has 0 atom stereocenters. The van der Waals surface area contributed by atoms with Crippen LogP contribution in [0.25, 0.3) is 11.0 Å². The Bertz CT molecular complexity index is 501. The van der Waals surface area contributed by atoms with Gasteiger partial charge in [0.2, 0.25) is 0 Å². The highest BCUT2D eigenvalue weighted by Crippen LogP contribution is 2.10. The summed E-state index contributed by atoms with van der Waals surface area (Å²) in [6, 6.07) is 7.31. The number of fused-ring (bicyclic) bond motifs is 1. The minimum atomic E-state index is -0.126. The Morgan fingerprint density at radius 3 is 2.69 bits per heavy atom. The molecule has 0 N–H and O–H groups in total. The Balaban J connectivity index is 2.43. The van der Waals surface area contributed by atoms with Gasteiger partial charge in [0, 0.05) is 13.1 Å². The lowest BCUT2D eigenvalue weighted by molar-refractivity contribution is 0.202. The van der Waals surface area contributed by atoms with E-state index in [2.05, 4.69) is 10.3 Å². The molecule has 0 saturated heterocycles. The number of para-hydroxylation sites is 1. The zero-order valence-electron chi connectivity index (χ0n) is 9.42. The fourth-order valence-corrected chi connectivity index (χ4v) is 1.64. The molecular weight excluding hydrogens is 204 g/mol. The van der Waals surface area contributed by atoms with Gasteiger partial charge in [0.15, 0.2) is 0 Å². The molecule has 84 valence electrons. The molecule has 2 aromatic rings. The van der Waals surface area contributed by atoms with Gasteiger partial charge in [-0.05, 0) is 26.0 Å². The number of nitrogens with zero attached hydrogens (tertiary/aromatic N) is 4. The molecule has 2 rings (SSSR count). The van der Waals surface area contributed by atoms with E-state index < -0.39 is 0 Å². The Labute approximate surface area is 93.7 Å². The minimum absolute atomic E-state index is 0.126. The van der Waals surface area contributed by atoms with Crippen LogP contribution in [0.4, 0.5) is 4.79 Å². The van der Waals surface area contributed by atoms with Gasteiger partial charge in [0.1, 0.15) is 5.52 Å². The summed E-state index contributed by atoms with van der Waals surface area (Å²) >= 11 is 0. The quantitative estimate of drug-likeness (QED) is 0.771.